The van der Waals surface area contributed by atoms with Crippen molar-refractivity contribution in [2.24, 2.45) is 5.73 Å². The summed E-state index contributed by atoms with van der Waals surface area (Å²) in [5, 5.41) is -0.0183. The SMILES string of the molecule is Cc1ncc(S(=O)(=O)Nc2cccc(C#CCN)n2)[nH]1. The lowest BCUT2D eigenvalue weighted by Crippen LogP contribution is -2.14. The molecular formula is C12H13N5O2S. The zero-order chi connectivity index (χ0) is 14.6. The van der Waals surface area contributed by atoms with Gasteiger partial charge in [-0.25, -0.2) is 9.97 Å². The van der Waals surface area contributed by atoms with Crippen molar-refractivity contribution in [1.29, 1.82) is 0 Å². The van der Waals surface area contributed by atoms with E-state index in [0.717, 1.165) is 0 Å². The zero-order valence-electron chi connectivity index (χ0n) is 10.7. The van der Waals surface area contributed by atoms with Gasteiger partial charge in [0.15, 0.2) is 5.03 Å². The summed E-state index contributed by atoms with van der Waals surface area (Å²) in [4.78, 5) is 10.6. The lowest BCUT2D eigenvalue weighted by Gasteiger charge is -2.05. The third-order valence-electron chi connectivity index (χ3n) is 2.28. The van der Waals surface area contributed by atoms with Gasteiger partial charge < -0.3 is 10.7 Å². The fourth-order valence-electron chi connectivity index (χ4n) is 1.43. The summed E-state index contributed by atoms with van der Waals surface area (Å²) >= 11 is 0. The third-order valence-corrected chi connectivity index (χ3v) is 3.54. The second kappa shape index (κ2) is 5.73. The van der Waals surface area contributed by atoms with Crippen molar-refractivity contribution in [3.8, 4) is 11.8 Å². The van der Waals surface area contributed by atoms with Crippen LogP contribution in [0.3, 0.4) is 0 Å². The van der Waals surface area contributed by atoms with Crippen LogP contribution in [0.4, 0.5) is 5.82 Å². The summed E-state index contributed by atoms with van der Waals surface area (Å²) in [7, 11) is -3.73. The summed E-state index contributed by atoms with van der Waals surface area (Å²) in [6.07, 6.45) is 1.25. The van der Waals surface area contributed by atoms with Crippen molar-refractivity contribution >= 4 is 15.8 Å². The van der Waals surface area contributed by atoms with Crippen molar-refractivity contribution < 1.29 is 8.42 Å². The Morgan fingerprint density at radius 2 is 2.25 bits per heavy atom. The summed E-state index contributed by atoms with van der Waals surface area (Å²) in [6.45, 7) is 1.88. The molecule has 2 rings (SSSR count). The Bertz CT molecular complexity index is 770. The first-order chi connectivity index (χ1) is 9.51. The fraction of sp³-hybridized carbons (Fsp3) is 0.167. The normalized spacial score (nSPS) is 10.7. The molecule has 20 heavy (non-hydrogen) atoms. The Morgan fingerprint density at radius 3 is 2.90 bits per heavy atom. The van der Waals surface area contributed by atoms with Crippen LogP contribution in [0.25, 0.3) is 0 Å². The van der Waals surface area contributed by atoms with Gasteiger partial charge in [-0.15, -0.1) is 0 Å². The molecule has 0 radical (unpaired) electrons. The molecule has 0 bridgehead atoms. The second-order valence-corrected chi connectivity index (χ2v) is 5.50. The lowest BCUT2D eigenvalue weighted by atomic mass is 10.3. The average Bonchev–Trinajstić information content (AvgIpc) is 2.84. The molecule has 0 saturated carbocycles. The number of aromatic amines is 1. The fourth-order valence-corrected chi connectivity index (χ4v) is 2.40. The predicted molar refractivity (Wildman–Crippen MR) is 74.3 cm³/mol. The molecule has 2 heterocycles. The minimum atomic E-state index is -3.73. The Kier molecular flexibility index (Phi) is 4.02. The minimum Gasteiger partial charge on any atom is -0.332 e. The van der Waals surface area contributed by atoms with Crippen molar-refractivity contribution in [2.45, 2.75) is 11.9 Å². The molecule has 0 spiro atoms. The van der Waals surface area contributed by atoms with Gasteiger partial charge in [0, 0.05) is 0 Å². The van der Waals surface area contributed by atoms with Gasteiger partial charge in [-0.1, -0.05) is 12.0 Å². The van der Waals surface area contributed by atoms with Gasteiger partial charge >= 0.3 is 0 Å². The number of aromatic nitrogens is 3. The van der Waals surface area contributed by atoms with Gasteiger partial charge in [0.25, 0.3) is 10.0 Å². The van der Waals surface area contributed by atoms with E-state index in [0.29, 0.717) is 11.5 Å². The first kappa shape index (κ1) is 14.0. The van der Waals surface area contributed by atoms with Crippen LogP contribution < -0.4 is 10.5 Å². The number of nitrogens with two attached hydrogens (primary N) is 1. The minimum absolute atomic E-state index is 0.0183. The molecule has 8 heteroatoms. The van der Waals surface area contributed by atoms with Crippen molar-refractivity contribution in [2.75, 3.05) is 11.3 Å². The largest absolute Gasteiger partial charge is 0.332 e. The molecule has 0 fully saturated rings. The van der Waals surface area contributed by atoms with Crippen LogP contribution >= 0.6 is 0 Å². The average molecular weight is 291 g/mol. The van der Waals surface area contributed by atoms with Crippen LogP contribution in [0.2, 0.25) is 0 Å². The maximum atomic E-state index is 12.1. The molecule has 0 aliphatic carbocycles. The number of hydrogen-bond donors (Lipinski definition) is 3. The first-order valence-electron chi connectivity index (χ1n) is 5.72. The number of nitrogens with one attached hydrogen (secondary N) is 2. The van der Waals surface area contributed by atoms with Gasteiger partial charge in [0.1, 0.15) is 17.3 Å². The van der Waals surface area contributed by atoms with Crippen molar-refractivity contribution in [1.82, 2.24) is 15.0 Å². The number of rotatable bonds is 3. The van der Waals surface area contributed by atoms with Crippen LogP contribution in [0, 0.1) is 18.8 Å². The molecule has 4 N–H and O–H groups in total. The van der Waals surface area contributed by atoms with E-state index in [1.54, 1.807) is 19.1 Å². The van der Waals surface area contributed by atoms with Gasteiger partial charge in [-0.2, -0.15) is 8.42 Å². The monoisotopic (exact) mass is 291 g/mol. The smallest absolute Gasteiger partial charge is 0.280 e. The maximum Gasteiger partial charge on any atom is 0.280 e. The molecule has 0 atom stereocenters. The number of hydrogen-bond acceptors (Lipinski definition) is 5. The molecule has 2 aromatic rings. The third kappa shape index (κ3) is 3.34. The van der Waals surface area contributed by atoms with E-state index >= 15 is 0 Å². The second-order valence-electron chi connectivity index (χ2n) is 3.85. The van der Waals surface area contributed by atoms with Gasteiger partial charge in [-0.05, 0) is 25.0 Å². The summed E-state index contributed by atoms with van der Waals surface area (Å²) < 4.78 is 26.5. The molecule has 7 nitrogen and oxygen atoms in total. The molecule has 0 aliphatic rings. The Morgan fingerprint density at radius 1 is 1.45 bits per heavy atom. The van der Waals surface area contributed by atoms with E-state index in [9.17, 15) is 8.42 Å². The highest BCUT2D eigenvalue weighted by molar-refractivity contribution is 7.92. The zero-order valence-corrected chi connectivity index (χ0v) is 11.5. The van der Waals surface area contributed by atoms with Crippen LogP contribution in [0.15, 0.2) is 29.4 Å². The van der Waals surface area contributed by atoms with Crippen LogP contribution in [0.5, 0.6) is 0 Å². The van der Waals surface area contributed by atoms with Crippen LogP contribution in [-0.2, 0) is 10.0 Å². The highest BCUT2D eigenvalue weighted by Gasteiger charge is 2.17. The molecule has 0 saturated heterocycles. The molecule has 0 aliphatic heterocycles. The van der Waals surface area contributed by atoms with Crippen LogP contribution in [-0.4, -0.2) is 29.9 Å². The Balaban J connectivity index is 2.25. The predicted octanol–water partition coefficient (Wildman–Crippen LogP) is 0.224. The van der Waals surface area contributed by atoms with E-state index in [4.69, 9.17) is 5.73 Å². The number of imidazole rings is 1. The summed E-state index contributed by atoms with van der Waals surface area (Å²) in [5.74, 6) is 6.08. The van der Waals surface area contributed by atoms with Gasteiger partial charge in [-0.3, -0.25) is 4.72 Å². The van der Waals surface area contributed by atoms with Crippen LogP contribution in [0.1, 0.15) is 11.5 Å². The number of H-pyrrole nitrogens is 1. The van der Waals surface area contributed by atoms with Crippen molar-refractivity contribution in [3.05, 3.63) is 35.9 Å². The summed E-state index contributed by atoms with van der Waals surface area (Å²) in [6, 6.07) is 4.86. The van der Waals surface area contributed by atoms with E-state index in [2.05, 4.69) is 31.5 Å². The molecule has 0 aromatic carbocycles. The number of aryl methyl sites for hydroxylation is 1. The highest BCUT2D eigenvalue weighted by Crippen LogP contribution is 2.12. The van der Waals surface area contributed by atoms with E-state index in [1.165, 1.54) is 12.3 Å². The lowest BCUT2D eigenvalue weighted by molar-refractivity contribution is 0.598. The topological polar surface area (TPSA) is 114 Å². The van der Waals surface area contributed by atoms with E-state index < -0.39 is 10.0 Å². The standard InChI is InChI=1S/C12H13N5O2S/c1-9-14-8-12(15-9)20(18,19)17-11-6-2-4-10(16-11)5-3-7-13/h2,4,6,8H,7,13H2,1H3,(H,14,15)(H,16,17). The molecular weight excluding hydrogens is 278 g/mol. The number of nitrogens with zero attached hydrogens (tertiary/aromatic N) is 2. The van der Waals surface area contributed by atoms with Gasteiger partial charge in [0.2, 0.25) is 0 Å². The number of pyridine rings is 1. The highest BCUT2D eigenvalue weighted by atomic mass is 32.2. The molecule has 0 amide bonds. The number of anilines is 1. The number of sulfonamides is 1. The van der Waals surface area contributed by atoms with E-state index in [1.807, 2.05) is 0 Å². The van der Waals surface area contributed by atoms with Gasteiger partial charge in [0.05, 0.1) is 12.7 Å². The first-order valence-corrected chi connectivity index (χ1v) is 7.20. The Hall–Kier alpha value is -2.37. The summed E-state index contributed by atoms with van der Waals surface area (Å²) in [5.41, 5.74) is 5.71. The maximum absolute atomic E-state index is 12.1. The van der Waals surface area contributed by atoms with E-state index in [-0.39, 0.29) is 17.4 Å². The quantitative estimate of drug-likeness (QED) is 0.700. The molecule has 2 aromatic heterocycles. The molecule has 104 valence electrons. The Labute approximate surface area is 116 Å². The van der Waals surface area contributed by atoms with Crippen molar-refractivity contribution in [3.63, 3.8) is 0 Å². The molecule has 0 unspecified atom stereocenters.